The Hall–Kier alpha value is -3.26. The molecule has 1 unspecified atom stereocenters. The molecule has 1 aliphatic heterocycles. The van der Waals surface area contributed by atoms with Crippen molar-refractivity contribution in [2.24, 2.45) is 0 Å². The first-order valence-corrected chi connectivity index (χ1v) is 9.71. The van der Waals surface area contributed by atoms with Crippen molar-refractivity contribution in [2.45, 2.75) is 13.0 Å². The van der Waals surface area contributed by atoms with Crippen molar-refractivity contribution < 1.29 is 4.74 Å². The number of pyridine rings is 2. The Morgan fingerprint density at radius 1 is 1.38 bits per heavy atom. The van der Waals surface area contributed by atoms with Gasteiger partial charge in [0, 0.05) is 42.3 Å². The molecule has 4 heterocycles. The highest BCUT2D eigenvalue weighted by Crippen LogP contribution is 2.31. The van der Waals surface area contributed by atoms with Crippen LogP contribution in [0.25, 0.3) is 16.6 Å². The van der Waals surface area contributed by atoms with E-state index in [2.05, 4.69) is 37.7 Å². The molecule has 146 valence electrons. The molecule has 0 bridgehead atoms. The second-order valence-corrected chi connectivity index (χ2v) is 6.77. The molecule has 1 fully saturated rings. The average Bonchev–Trinajstić information content (AvgIpc) is 3.17. The van der Waals surface area contributed by atoms with Crippen molar-refractivity contribution in [1.29, 1.82) is 5.26 Å². The molecule has 1 N–H and O–H groups in total. The molecule has 0 spiro atoms. The first-order valence-electron chi connectivity index (χ1n) is 9.33. The van der Waals surface area contributed by atoms with Crippen molar-refractivity contribution in [2.75, 3.05) is 31.1 Å². The summed E-state index contributed by atoms with van der Waals surface area (Å²) in [4.78, 5) is 6.84. The van der Waals surface area contributed by atoms with Crippen LogP contribution in [0.4, 0.5) is 5.82 Å². The van der Waals surface area contributed by atoms with Gasteiger partial charge in [0.25, 0.3) is 0 Å². The van der Waals surface area contributed by atoms with Crippen molar-refractivity contribution in [3.05, 3.63) is 42.4 Å². The number of rotatable bonds is 4. The van der Waals surface area contributed by atoms with Crippen LogP contribution in [-0.2, 0) is 0 Å². The monoisotopic (exact) mass is 406 g/mol. The number of hydrogen-bond donors (Lipinski definition) is 1. The molecule has 0 amide bonds. The summed E-state index contributed by atoms with van der Waals surface area (Å²) in [6.45, 7) is 4.86. The molecule has 7 nitrogen and oxygen atoms in total. The fourth-order valence-corrected chi connectivity index (χ4v) is 3.63. The predicted molar refractivity (Wildman–Crippen MR) is 112 cm³/mol. The van der Waals surface area contributed by atoms with Gasteiger partial charge in [0.05, 0.1) is 36.1 Å². The number of ether oxygens (including phenoxy) is 1. The van der Waals surface area contributed by atoms with Crippen LogP contribution in [0.2, 0.25) is 0 Å². The quantitative estimate of drug-likeness (QED) is 0.671. The molecule has 0 aromatic carbocycles. The molecule has 4 rings (SSSR count). The van der Waals surface area contributed by atoms with Crippen LogP contribution in [0.3, 0.4) is 0 Å². The standard InChI is InChI=1S/C21H19ClN6O/c1-2-29-18-9-19(21-16(10-23)12-26-28(21)14-18)15-3-4-20(25-11-15)27-8-7-24-17(13-27)5-6-22/h3-4,9,11-12,14,17,24H,2,7-8,13H2,1H3. The molecule has 1 aliphatic rings. The Labute approximate surface area is 173 Å². The van der Waals surface area contributed by atoms with Crippen molar-refractivity contribution in [1.82, 2.24) is 19.9 Å². The minimum Gasteiger partial charge on any atom is -0.492 e. The molecule has 8 heteroatoms. The molecule has 29 heavy (non-hydrogen) atoms. The minimum absolute atomic E-state index is 0.0233. The van der Waals surface area contributed by atoms with E-state index in [1.807, 2.05) is 31.3 Å². The van der Waals surface area contributed by atoms with Gasteiger partial charge < -0.3 is 15.0 Å². The van der Waals surface area contributed by atoms with Crippen molar-refractivity contribution >= 4 is 22.9 Å². The first kappa shape index (κ1) is 19.1. The van der Waals surface area contributed by atoms with Crippen LogP contribution in [0.5, 0.6) is 5.75 Å². The van der Waals surface area contributed by atoms with E-state index in [0.29, 0.717) is 17.9 Å². The van der Waals surface area contributed by atoms with Gasteiger partial charge in [0.2, 0.25) is 0 Å². The Kier molecular flexibility index (Phi) is 5.53. The first-order chi connectivity index (χ1) is 14.2. The maximum absolute atomic E-state index is 9.47. The Morgan fingerprint density at radius 2 is 2.28 bits per heavy atom. The number of anilines is 1. The number of nitriles is 1. The van der Waals surface area contributed by atoms with E-state index in [-0.39, 0.29) is 6.04 Å². The zero-order valence-electron chi connectivity index (χ0n) is 15.9. The molecular formula is C21H19ClN6O. The number of piperazine rings is 1. The molecule has 0 radical (unpaired) electrons. The lowest BCUT2D eigenvalue weighted by Crippen LogP contribution is -2.50. The van der Waals surface area contributed by atoms with Crippen LogP contribution in [0.1, 0.15) is 12.5 Å². The second-order valence-electron chi connectivity index (χ2n) is 6.58. The SMILES string of the molecule is CCOc1cc(-c2ccc(N3CCNC(C#CCl)C3)nc2)c2c(C#N)cnn2c1. The molecule has 0 saturated carbocycles. The van der Waals surface area contributed by atoms with Gasteiger partial charge in [0.15, 0.2) is 0 Å². The van der Waals surface area contributed by atoms with Gasteiger partial charge in [-0.15, -0.1) is 0 Å². The maximum atomic E-state index is 9.47. The Bertz CT molecular complexity index is 1120. The van der Waals surface area contributed by atoms with E-state index in [1.54, 1.807) is 16.9 Å². The minimum atomic E-state index is 0.0233. The topological polar surface area (TPSA) is 78.5 Å². The van der Waals surface area contributed by atoms with E-state index >= 15 is 0 Å². The summed E-state index contributed by atoms with van der Waals surface area (Å²) in [5.41, 5.74) is 3.00. The lowest BCUT2D eigenvalue weighted by Gasteiger charge is -2.32. The lowest BCUT2D eigenvalue weighted by atomic mass is 10.1. The van der Waals surface area contributed by atoms with Crippen molar-refractivity contribution in [3.8, 4) is 34.2 Å². The number of nitrogens with one attached hydrogen (secondary N) is 1. The Balaban J connectivity index is 1.70. The fraction of sp³-hybridized carbons (Fsp3) is 0.286. The highest BCUT2D eigenvalue weighted by Gasteiger charge is 2.19. The second kappa shape index (κ2) is 8.40. The summed E-state index contributed by atoms with van der Waals surface area (Å²) in [5.74, 6) is 4.52. The van der Waals surface area contributed by atoms with Gasteiger partial charge in [-0.1, -0.05) is 5.92 Å². The summed E-state index contributed by atoms with van der Waals surface area (Å²) >= 11 is 5.54. The Morgan fingerprint density at radius 3 is 3.00 bits per heavy atom. The van der Waals surface area contributed by atoms with Gasteiger partial charge in [-0.2, -0.15) is 10.4 Å². The van der Waals surface area contributed by atoms with Gasteiger partial charge in [-0.25, -0.2) is 9.50 Å². The summed E-state index contributed by atoms with van der Waals surface area (Å²) in [5, 5.41) is 19.5. The molecule has 3 aromatic rings. The molecule has 1 saturated heterocycles. The van der Waals surface area contributed by atoms with Crippen LogP contribution >= 0.6 is 11.6 Å². The van der Waals surface area contributed by atoms with Crippen LogP contribution in [0.15, 0.2) is 36.8 Å². The zero-order chi connectivity index (χ0) is 20.2. The number of fused-ring (bicyclic) bond motifs is 1. The normalized spacial score (nSPS) is 16.2. The lowest BCUT2D eigenvalue weighted by molar-refractivity contribution is 0.338. The number of nitrogens with zero attached hydrogens (tertiary/aromatic N) is 5. The largest absolute Gasteiger partial charge is 0.492 e. The molecule has 1 atom stereocenters. The van der Waals surface area contributed by atoms with Crippen LogP contribution in [0, 0.1) is 22.6 Å². The van der Waals surface area contributed by atoms with Crippen molar-refractivity contribution in [3.63, 3.8) is 0 Å². The van der Waals surface area contributed by atoms with Gasteiger partial charge >= 0.3 is 0 Å². The maximum Gasteiger partial charge on any atom is 0.138 e. The van der Waals surface area contributed by atoms with E-state index in [9.17, 15) is 5.26 Å². The summed E-state index contributed by atoms with van der Waals surface area (Å²) < 4.78 is 7.35. The molecule has 0 aliphatic carbocycles. The van der Waals surface area contributed by atoms with Crippen LogP contribution in [-0.4, -0.2) is 46.9 Å². The highest BCUT2D eigenvalue weighted by molar-refractivity contribution is 6.30. The average molecular weight is 407 g/mol. The van der Waals surface area contributed by atoms with E-state index in [0.717, 1.165) is 42.1 Å². The smallest absolute Gasteiger partial charge is 0.138 e. The number of hydrogen-bond acceptors (Lipinski definition) is 6. The third-order valence-corrected chi connectivity index (χ3v) is 4.91. The molecule has 3 aromatic heterocycles. The van der Waals surface area contributed by atoms with Gasteiger partial charge in [-0.05, 0) is 36.7 Å². The third-order valence-electron chi connectivity index (χ3n) is 4.81. The zero-order valence-corrected chi connectivity index (χ0v) is 16.6. The van der Waals surface area contributed by atoms with E-state index in [4.69, 9.17) is 16.3 Å². The van der Waals surface area contributed by atoms with Gasteiger partial charge in [-0.3, -0.25) is 0 Å². The summed E-state index contributed by atoms with van der Waals surface area (Å²) in [7, 11) is 0. The van der Waals surface area contributed by atoms with E-state index < -0.39 is 0 Å². The highest BCUT2D eigenvalue weighted by atomic mass is 35.5. The predicted octanol–water partition coefficient (Wildman–Crippen LogP) is 2.64. The number of aromatic nitrogens is 3. The van der Waals surface area contributed by atoms with E-state index in [1.165, 1.54) is 0 Å². The summed E-state index contributed by atoms with van der Waals surface area (Å²) in [6, 6.07) is 8.15. The fourth-order valence-electron chi connectivity index (χ4n) is 3.50. The van der Waals surface area contributed by atoms with Gasteiger partial charge in [0.1, 0.15) is 17.6 Å². The summed E-state index contributed by atoms with van der Waals surface area (Å²) in [6.07, 6.45) is 5.16. The molecular weight excluding hydrogens is 388 g/mol. The van der Waals surface area contributed by atoms with Crippen LogP contribution < -0.4 is 15.0 Å². The third kappa shape index (κ3) is 3.84. The number of halogens is 1.